The fourth-order valence-electron chi connectivity index (χ4n) is 4.43. The fraction of sp³-hybridized carbons (Fsp3) is 0.423. The Kier molecular flexibility index (Phi) is 6.20. The van der Waals surface area contributed by atoms with Gasteiger partial charge in [-0.2, -0.15) is 4.99 Å². The number of amidine groups is 1. The lowest BCUT2D eigenvalue weighted by molar-refractivity contribution is 0.0574. The first kappa shape index (κ1) is 25.4. The number of aliphatic imine (C=N–C) groups is 1. The monoisotopic (exact) mass is 524 g/mol. The van der Waals surface area contributed by atoms with Crippen LogP contribution in [0.15, 0.2) is 29.5 Å². The van der Waals surface area contributed by atoms with Gasteiger partial charge in [0, 0.05) is 31.3 Å². The van der Waals surface area contributed by atoms with Crippen molar-refractivity contribution in [3.8, 4) is 11.5 Å². The minimum absolute atomic E-state index is 0.125. The van der Waals surface area contributed by atoms with E-state index >= 15 is 4.39 Å². The summed E-state index contributed by atoms with van der Waals surface area (Å²) in [6.45, 7) is 7.18. The Balaban J connectivity index is 1.73. The van der Waals surface area contributed by atoms with Crippen LogP contribution in [0.1, 0.15) is 55.1 Å². The number of nitrogens with zero attached hydrogens (tertiary/aromatic N) is 6. The highest BCUT2D eigenvalue weighted by Gasteiger charge is 2.37. The molecule has 0 saturated heterocycles. The number of rotatable bonds is 1. The minimum Gasteiger partial charge on any atom is -0.493 e. The molecule has 4 heterocycles. The van der Waals surface area contributed by atoms with Crippen LogP contribution < -0.4 is 14.4 Å². The van der Waals surface area contributed by atoms with Crippen molar-refractivity contribution in [2.45, 2.75) is 45.8 Å². The smallest absolute Gasteiger partial charge is 0.416 e. The van der Waals surface area contributed by atoms with Gasteiger partial charge < -0.3 is 19.1 Å². The van der Waals surface area contributed by atoms with Crippen molar-refractivity contribution in [3.05, 3.63) is 47.0 Å². The number of benzene rings is 1. The Morgan fingerprint density at radius 2 is 1.89 bits per heavy atom. The van der Waals surface area contributed by atoms with E-state index in [1.807, 2.05) is 0 Å². The Morgan fingerprint density at radius 1 is 1.18 bits per heavy atom. The average Bonchev–Trinajstić information content (AvgIpc) is 3.48. The normalized spacial score (nSPS) is 17.0. The molecular formula is C26H29FN6O5. The number of anilines is 1. The van der Waals surface area contributed by atoms with Gasteiger partial charge in [-0.15, -0.1) is 10.2 Å². The highest BCUT2D eigenvalue weighted by Crippen LogP contribution is 2.43. The zero-order chi connectivity index (χ0) is 27.4. The van der Waals surface area contributed by atoms with Crippen LogP contribution in [0.4, 0.5) is 15.0 Å². The molecule has 2 aromatic heterocycles. The molecule has 0 bridgehead atoms. The van der Waals surface area contributed by atoms with E-state index in [0.29, 0.717) is 29.3 Å². The Morgan fingerprint density at radius 3 is 2.58 bits per heavy atom. The van der Waals surface area contributed by atoms with Gasteiger partial charge in [-0.05, 0) is 39.8 Å². The molecule has 0 radical (unpaired) electrons. The number of carbonyl (C=O) groups excluding carboxylic acids is 2. The Bertz CT molecular complexity index is 1480. The molecule has 2 aliphatic rings. The minimum atomic E-state index is -0.833. The first-order valence-electron chi connectivity index (χ1n) is 12.2. The second kappa shape index (κ2) is 9.26. The van der Waals surface area contributed by atoms with Crippen LogP contribution in [0.5, 0.6) is 11.5 Å². The molecular weight excluding hydrogens is 495 g/mol. The predicted octanol–water partition coefficient (Wildman–Crippen LogP) is 3.80. The van der Waals surface area contributed by atoms with Crippen LogP contribution in [-0.2, 0) is 11.3 Å². The van der Waals surface area contributed by atoms with Crippen LogP contribution in [0, 0.1) is 5.82 Å². The molecule has 5 rings (SSSR count). The maximum atomic E-state index is 15.3. The van der Waals surface area contributed by atoms with E-state index in [1.165, 1.54) is 27.8 Å². The quantitative estimate of drug-likeness (QED) is 0.349. The van der Waals surface area contributed by atoms with E-state index in [2.05, 4.69) is 15.2 Å². The highest BCUT2D eigenvalue weighted by molar-refractivity contribution is 6.07. The zero-order valence-corrected chi connectivity index (χ0v) is 22.1. The van der Waals surface area contributed by atoms with Gasteiger partial charge in [-0.3, -0.25) is 14.1 Å². The van der Waals surface area contributed by atoms with Gasteiger partial charge in [0.15, 0.2) is 17.2 Å². The van der Waals surface area contributed by atoms with Crippen LogP contribution in [0.25, 0.3) is 5.65 Å². The molecule has 2 amide bonds. The molecule has 38 heavy (non-hydrogen) atoms. The molecule has 3 aromatic rings. The predicted molar refractivity (Wildman–Crippen MR) is 137 cm³/mol. The summed E-state index contributed by atoms with van der Waals surface area (Å²) in [5, 5.41) is 8.12. The Hall–Kier alpha value is -4.22. The molecule has 1 atom stereocenters. The summed E-state index contributed by atoms with van der Waals surface area (Å²) < 4.78 is 34.5. The van der Waals surface area contributed by atoms with E-state index in [9.17, 15) is 9.59 Å². The van der Waals surface area contributed by atoms with E-state index < -0.39 is 23.4 Å². The van der Waals surface area contributed by atoms with Crippen molar-refractivity contribution in [1.82, 2.24) is 19.5 Å². The summed E-state index contributed by atoms with van der Waals surface area (Å²) in [5.41, 5.74) is 0.425. The molecule has 0 aliphatic carbocycles. The molecule has 0 spiro atoms. The SMILES string of the molecule is CC(=NC(=O)c1cc2c(n3cnnc13)N(C(=O)OC(C)(C)C)Cc1c(F)ccc3c1[C@H](CO3)CO2)N(C)C. The standard InChI is InChI=1S/C26H29FN6O5/c1-14(31(5)6)29-23(34)16-9-20-24(33-13-28-30-22(16)33)32(25(35)38-26(2,3)4)10-17-18(27)7-8-19-21(17)15(11-36-19)12-37-20/h7-9,13,15H,10-12H2,1-6H3/t15-/m1/s1. The Labute approximate surface area is 218 Å². The molecule has 0 fully saturated rings. The number of aromatic nitrogens is 3. The topological polar surface area (TPSA) is 111 Å². The maximum absolute atomic E-state index is 15.3. The number of amides is 2. The number of hydrogen-bond acceptors (Lipinski definition) is 7. The third-order valence-corrected chi connectivity index (χ3v) is 6.39. The average molecular weight is 525 g/mol. The summed E-state index contributed by atoms with van der Waals surface area (Å²) >= 11 is 0. The largest absolute Gasteiger partial charge is 0.493 e. The van der Waals surface area contributed by atoms with Crippen molar-refractivity contribution in [3.63, 3.8) is 0 Å². The molecule has 200 valence electrons. The van der Waals surface area contributed by atoms with E-state index in [0.717, 1.165) is 0 Å². The first-order valence-corrected chi connectivity index (χ1v) is 12.2. The van der Waals surface area contributed by atoms with Crippen LogP contribution in [-0.4, -0.2) is 70.2 Å². The van der Waals surface area contributed by atoms with E-state index in [1.54, 1.807) is 52.8 Å². The summed E-state index contributed by atoms with van der Waals surface area (Å²) in [6.07, 6.45) is 0.638. The first-order chi connectivity index (χ1) is 17.9. The van der Waals surface area contributed by atoms with E-state index in [-0.39, 0.29) is 41.8 Å². The molecule has 0 N–H and O–H groups in total. The summed E-state index contributed by atoms with van der Waals surface area (Å²) in [7, 11) is 3.55. The second-order valence-electron chi connectivity index (χ2n) is 10.5. The van der Waals surface area contributed by atoms with Crippen LogP contribution in [0.2, 0.25) is 0 Å². The summed E-state index contributed by atoms with van der Waals surface area (Å²) in [5.74, 6) is 0.138. The number of carbonyl (C=O) groups is 2. The van der Waals surface area contributed by atoms with Crippen molar-refractivity contribution in [1.29, 1.82) is 0 Å². The zero-order valence-electron chi connectivity index (χ0n) is 22.1. The molecule has 11 nitrogen and oxygen atoms in total. The molecule has 0 unspecified atom stereocenters. The highest BCUT2D eigenvalue weighted by atomic mass is 19.1. The lowest BCUT2D eigenvalue weighted by atomic mass is 9.95. The van der Waals surface area contributed by atoms with E-state index in [4.69, 9.17) is 14.2 Å². The van der Waals surface area contributed by atoms with Gasteiger partial charge in [-0.1, -0.05) is 0 Å². The lowest BCUT2D eigenvalue weighted by Crippen LogP contribution is -2.38. The number of halogens is 1. The number of fused-ring (bicyclic) bond motifs is 3. The summed E-state index contributed by atoms with van der Waals surface area (Å²) in [6, 6.07) is 4.40. The second-order valence-corrected chi connectivity index (χ2v) is 10.5. The third-order valence-electron chi connectivity index (χ3n) is 6.39. The lowest BCUT2D eigenvalue weighted by Gasteiger charge is -2.29. The van der Waals surface area contributed by atoms with Crippen molar-refractivity contribution >= 4 is 29.3 Å². The van der Waals surface area contributed by atoms with Crippen LogP contribution in [0.3, 0.4) is 0 Å². The van der Waals surface area contributed by atoms with Crippen LogP contribution >= 0.6 is 0 Å². The molecule has 12 heteroatoms. The number of ether oxygens (including phenoxy) is 3. The van der Waals surface area contributed by atoms with Gasteiger partial charge >= 0.3 is 6.09 Å². The van der Waals surface area contributed by atoms with Gasteiger partial charge in [0.25, 0.3) is 5.91 Å². The van der Waals surface area contributed by atoms with Gasteiger partial charge in [0.05, 0.1) is 31.2 Å². The molecule has 0 saturated carbocycles. The fourth-order valence-corrected chi connectivity index (χ4v) is 4.43. The molecule has 2 aliphatic heterocycles. The molecule has 1 aromatic carbocycles. The number of hydrogen-bond donors (Lipinski definition) is 0. The van der Waals surface area contributed by atoms with Gasteiger partial charge in [0.2, 0.25) is 0 Å². The van der Waals surface area contributed by atoms with Crippen molar-refractivity contribution < 1.29 is 28.2 Å². The van der Waals surface area contributed by atoms with Crippen molar-refractivity contribution in [2.75, 3.05) is 32.2 Å². The number of pyridine rings is 1. The third kappa shape index (κ3) is 4.50. The van der Waals surface area contributed by atoms with Crippen molar-refractivity contribution in [2.24, 2.45) is 4.99 Å². The summed E-state index contributed by atoms with van der Waals surface area (Å²) in [4.78, 5) is 34.0. The maximum Gasteiger partial charge on any atom is 0.416 e. The van der Waals surface area contributed by atoms with Gasteiger partial charge in [0.1, 0.15) is 29.3 Å². The van der Waals surface area contributed by atoms with Gasteiger partial charge in [-0.25, -0.2) is 9.18 Å².